The van der Waals surface area contributed by atoms with Gasteiger partial charge in [0.1, 0.15) is 5.82 Å². The molecule has 0 unspecified atom stereocenters. The van der Waals surface area contributed by atoms with E-state index in [1.807, 2.05) is 0 Å². The summed E-state index contributed by atoms with van der Waals surface area (Å²) >= 11 is 0. The third-order valence-corrected chi connectivity index (χ3v) is 4.83. The zero-order valence-electron chi connectivity index (χ0n) is 11.5. The van der Waals surface area contributed by atoms with Crippen LogP contribution in [0.1, 0.15) is 11.1 Å². The third-order valence-electron chi connectivity index (χ3n) is 2.88. The van der Waals surface area contributed by atoms with Crippen LogP contribution in [0.3, 0.4) is 0 Å². The van der Waals surface area contributed by atoms with E-state index in [2.05, 4.69) is 13.2 Å². The first kappa shape index (κ1) is 16.6. The van der Waals surface area contributed by atoms with Crippen molar-refractivity contribution in [3.05, 3.63) is 54.4 Å². The molecule has 0 bridgehead atoms. The maximum atomic E-state index is 13.8. The van der Waals surface area contributed by atoms with Crippen LogP contribution in [0.25, 0.3) is 0 Å². The minimum atomic E-state index is -3.82. The molecule has 0 amide bonds. The van der Waals surface area contributed by atoms with Crippen molar-refractivity contribution in [1.82, 2.24) is 4.31 Å². The molecule has 0 saturated heterocycles. The standard InChI is InChI=1S/C14H19FN2O2S/c1-4-6-17(7-5-2)20(18,19)14-9-12(10-16)8-13(15)11(14)3/h4-5,8-9H,1-2,6-7,10,16H2,3H3. The van der Waals surface area contributed by atoms with Gasteiger partial charge in [0.25, 0.3) is 0 Å². The van der Waals surface area contributed by atoms with Crippen molar-refractivity contribution >= 4 is 10.0 Å². The van der Waals surface area contributed by atoms with Crippen LogP contribution < -0.4 is 5.73 Å². The number of nitrogens with zero attached hydrogens (tertiary/aromatic N) is 1. The summed E-state index contributed by atoms with van der Waals surface area (Å²) in [5.41, 5.74) is 5.98. The van der Waals surface area contributed by atoms with E-state index in [1.165, 1.54) is 35.5 Å². The molecule has 2 N–H and O–H groups in total. The number of nitrogens with two attached hydrogens (primary N) is 1. The summed E-state index contributed by atoms with van der Waals surface area (Å²) in [6, 6.07) is 2.66. The highest BCUT2D eigenvalue weighted by Crippen LogP contribution is 2.24. The van der Waals surface area contributed by atoms with Crippen LogP contribution in [0, 0.1) is 12.7 Å². The molecule has 1 aromatic carbocycles. The van der Waals surface area contributed by atoms with E-state index in [4.69, 9.17) is 5.73 Å². The lowest BCUT2D eigenvalue weighted by Gasteiger charge is -2.21. The van der Waals surface area contributed by atoms with Crippen LogP contribution in [-0.4, -0.2) is 25.8 Å². The molecule has 20 heavy (non-hydrogen) atoms. The van der Waals surface area contributed by atoms with E-state index in [-0.39, 0.29) is 30.1 Å². The molecule has 0 aromatic heterocycles. The number of halogens is 1. The fourth-order valence-corrected chi connectivity index (χ4v) is 3.46. The van der Waals surface area contributed by atoms with Gasteiger partial charge in [-0.2, -0.15) is 4.31 Å². The molecule has 0 aliphatic heterocycles. The predicted molar refractivity (Wildman–Crippen MR) is 78.2 cm³/mol. The van der Waals surface area contributed by atoms with E-state index in [0.717, 1.165) is 0 Å². The molecule has 6 heteroatoms. The van der Waals surface area contributed by atoms with Gasteiger partial charge in [-0.3, -0.25) is 0 Å². The Morgan fingerprint density at radius 2 is 1.85 bits per heavy atom. The second-order valence-corrected chi connectivity index (χ2v) is 6.21. The third kappa shape index (κ3) is 3.33. The SMILES string of the molecule is C=CCN(CC=C)S(=O)(=O)c1cc(CN)cc(F)c1C. The van der Waals surface area contributed by atoms with Crippen molar-refractivity contribution in [3.8, 4) is 0 Å². The van der Waals surface area contributed by atoms with Gasteiger partial charge in [0, 0.05) is 25.2 Å². The van der Waals surface area contributed by atoms with Crippen molar-refractivity contribution in [2.24, 2.45) is 5.73 Å². The van der Waals surface area contributed by atoms with Gasteiger partial charge in [-0.25, -0.2) is 12.8 Å². The van der Waals surface area contributed by atoms with Gasteiger partial charge in [0.05, 0.1) is 4.90 Å². The maximum absolute atomic E-state index is 13.8. The molecule has 1 aromatic rings. The fourth-order valence-electron chi connectivity index (χ4n) is 1.79. The summed E-state index contributed by atoms with van der Waals surface area (Å²) in [5, 5.41) is 0. The summed E-state index contributed by atoms with van der Waals surface area (Å²) in [7, 11) is -3.82. The molecular formula is C14H19FN2O2S. The lowest BCUT2D eigenvalue weighted by molar-refractivity contribution is 0.472. The van der Waals surface area contributed by atoms with Crippen molar-refractivity contribution in [3.63, 3.8) is 0 Å². The van der Waals surface area contributed by atoms with Gasteiger partial charge in [0.2, 0.25) is 10.0 Å². The molecular weight excluding hydrogens is 279 g/mol. The lowest BCUT2D eigenvalue weighted by atomic mass is 10.1. The Bertz CT molecular complexity index is 602. The lowest BCUT2D eigenvalue weighted by Crippen LogP contribution is -2.32. The first-order valence-electron chi connectivity index (χ1n) is 6.09. The topological polar surface area (TPSA) is 63.4 Å². The smallest absolute Gasteiger partial charge is 0.244 e. The Labute approximate surface area is 119 Å². The number of rotatable bonds is 7. The second-order valence-electron chi connectivity index (χ2n) is 4.30. The quantitative estimate of drug-likeness (QED) is 0.783. The highest BCUT2D eigenvalue weighted by atomic mass is 32.2. The Hall–Kier alpha value is -1.50. The Morgan fingerprint density at radius 1 is 1.30 bits per heavy atom. The van der Waals surface area contributed by atoms with Crippen molar-refractivity contribution in [2.75, 3.05) is 13.1 Å². The number of hydrogen-bond acceptors (Lipinski definition) is 3. The van der Waals surface area contributed by atoms with E-state index in [0.29, 0.717) is 5.56 Å². The van der Waals surface area contributed by atoms with Gasteiger partial charge in [-0.15, -0.1) is 13.2 Å². The average molecular weight is 298 g/mol. The summed E-state index contributed by atoms with van der Waals surface area (Å²) in [5.74, 6) is -0.580. The first-order valence-corrected chi connectivity index (χ1v) is 7.53. The van der Waals surface area contributed by atoms with Crippen LogP contribution >= 0.6 is 0 Å². The van der Waals surface area contributed by atoms with E-state index in [9.17, 15) is 12.8 Å². The van der Waals surface area contributed by atoms with Crippen LogP contribution in [0.15, 0.2) is 42.3 Å². The number of benzene rings is 1. The molecule has 0 atom stereocenters. The largest absolute Gasteiger partial charge is 0.326 e. The minimum absolute atomic E-state index is 0.0679. The van der Waals surface area contributed by atoms with Gasteiger partial charge in [-0.1, -0.05) is 12.2 Å². The molecule has 4 nitrogen and oxygen atoms in total. The molecule has 110 valence electrons. The molecule has 0 aliphatic rings. The molecule has 0 heterocycles. The molecule has 0 spiro atoms. The van der Waals surface area contributed by atoms with Crippen LogP contribution in [0.5, 0.6) is 0 Å². The first-order chi connectivity index (χ1) is 9.38. The van der Waals surface area contributed by atoms with Gasteiger partial charge < -0.3 is 5.73 Å². The Morgan fingerprint density at radius 3 is 2.30 bits per heavy atom. The highest BCUT2D eigenvalue weighted by molar-refractivity contribution is 7.89. The molecule has 0 fully saturated rings. The van der Waals surface area contributed by atoms with Crippen LogP contribution in [-0.2, 0) is 16.6 Å². The Balaban J connectivity index is 3.43. The minimum Gasteiger partial charge on any atom is -0.326 e. The summed E-state index contributed by atoms with van der Waals surface area (Å²) in [6.07, 6.45) is 2.94. The maximum Gasteiger partial charge on any atom is 0.244 e. The second kappa shape index (κ2) is 6.78. The van der Waals surface area contributed by atoms with Gasteiger partial charge in [-0.05, 0) is 24.6 Å². The average Bonchev–Trinajstić information content (AvgIpc) is 2.41. The summed E-state index contributed by atoms with van der Waals surface area (Å²) in [4.78, 5) is -0.0679. The molecule has 0 radical (unpaired) electrons. The number of sulfonamides is 1. The van der Waals surface area contributed by atoms with Gasteiger partial charge >= 0.3 is 0 Å². The highest BCUT2D eigenvalue weighted by Gasteiger charge is 2.26. The zero-order valence-corrected chi connectivity index (χ0v) is 12.3. The van der Waals surface area contributed by atoms with E-state index >= 15 is 0 Å². The Kier molecular flexibility index (Phi) is 5.62. The van der Waals surface area contributed by atoms with Crippen LogP contribution in [0.2, 0.25) is 0 Å². The normalized spacial score (nSPS) is 11.6. The number of hydrogen-bond donors (Lipinski definition) is 1. The van der Waals surface area contributed by atoms with Gasteiger partial charge in [0.15, 0.2) is 0 Å². The molecule has 1 rings (SSSR count). The van der Waals surface area contributed by atoms with E-state index in [1.54, 1.807) is 0 Å². The fraction of sp³-hybridized carbons (Fsp3) is 0.286. The monoisotopic (exact) mass is 298 g/mol. The van der Waals surface area contributed by atoms with Crippen molar-refractivity contribution in [1.29, 1.82) is 0 Å². The van der Waals surface area contributed by atoms with Crippen molar-refractivity contribution in [2.45, 2.75) is 18.4 Å². The zero-order chi connectivity index (χ0) is 15.3. The molecule has 0 aliphatic carbocycles. The van der Waals surface area contributed by atoms with Crippen LogP contribution in [0.4, 0.5) is 4.39 Å². The summed E-state index contributed by atoms with van der Waals surface area (Å²) < 4.78 is 40.1. The summed E-state index contributed by atoms with van der Waals surface area (Å²) in [6.45, 7) is 8.82. The van der Waals surface area contributed by atoms with Crippen molar-refractivity contribution < 1.29 is 12.8 Å². The predicted octanol–water partition coefficient (Wildman–Crippen LogP) is 1.96. The molecule has 0 saturated carbocycles. The van der Waals surface area contributed by atoms with E-state index < -0.39 is 15.8 Å².